The lowest BCUT2D eigenvalue weighted by atomic mass is 10.3. The number of nitrogens with one attached hydrogen (secondary N) is 1. The van der Waals surface area contributed by atoms with Crippen LogP contribution in [0.1, 0.15) is 17.4 Å². The summed E-state index contributed by atoms with van der Waals surface area (Å²) in [6.07, 6.45) is 2.48. The highest BCUT2D eigenvalue weighted by Crippen LogP contribution is 2.13. The van der Waals surface area contributed by atoms with E-state index in [1.807, 2.05) is 25.1 Å². The number of amides is 1. The van der Waals surface area contributed by atoms with Gasteiger partial charge in [-0.3, -0.25) is 14.8 Å². The molecule has 0 saturated heterocycles. The number of benzene rings is 1. The molecule has 8 heteroatoms. The first-order valence-corrected chi connectivity index (χ1v) is 8.43. The molecule has 0 saturated carbocycles. The molecule has 0 unspecified atom stereocenters. The number of rotatable bonds is 7. The Balaban J connectivity index is 1.97. The summed E-state index contributed by atoms with van der Waals surface area (Å²) in [6.45, 7) is 6.36. The van der Waals surface area contributed by atoms with Gasteiger partial charge in [-0.2, -0.15) is 4.39 Å². The van der Waals surface area contributed by atoms with Gasteiger partial charge in [0.2, 0.25) is 5.97 Å². The summed E-state index contributed by atoms with van der Waals surface area (Å²) in [4.78, 5) is 20.7. The van der Waals surface area contributed by atoms with E-state index in [4.69, 9.17) is 0 Å². The molecule has 0 radical (unpaired) electrons. The number of aromatic nitrogens is 2. The zero-order valence-electron chi connectivity index (χ0n) is 13.2. The number of fused-ring (bicyclic) bond motifs is 1. The van der Waals surface area contributed by atoms with Gasteiger partial charge in [-0.1, -0.05) is 6.58 Å². The molecule has 2 rings (SSSR count). The largest absolute Gasteiger partial charge is 0.349 e. The quantitative estimate of drug-likeness (QED) is 0.408. The topological polar surface area (TPSA) is 70.5 Å². The van der Waals surface area contributed by atoms with Crippen LogP contribution in [0.4, 0.5) is 4.39 Å². The maximum Gasteiger partial charge on any atom is 0.271 e. The maximum absolute atomic E-state index is 13.1. The van der Waals surface area contributed by atoms with Crippen LogP contribution in [0.3, 0.4) is 0 Å². The fraction of sp³-hybridized carbons (Fsp3) is 0.250. The molecule has 0 aliphatic rings. The lowest BCUT2D eigenvalue weighted by Crippen LogP contribution is -2.33. The minimum absolute atomic E-state index is 0.243. The standard InChI is InChI=1S/C16H17FIN5O/c1-3-15(17)22-23(4-2)8-7-19-16(24)14-10-20-13-9-11(18)5-6-12(13)21-14/h3,5-6,9-10H,1,4,7-8H2,2H3,(H,19,24)/b22-15+. The normalized spacial score (nSPS) is 11.4. The number of hydrogen-bond acceptors (Lipinski definition) is 5. The summed E-state index contributed by atoms with van der Waals surface area (Å²) >= 11 is 2.19. The number of likely N-dealkylation sites (N-methyl/N-ethyl adjacent to an activating group) is 1. The van der Waals surface area contributed by atoms with Gasteiger partial charge in [0.25, 0.3) is 5.91 Å². The zero-order valence-corrected chi connectivity index (χ0v) is 15.3. The van der Waals surface area contributed by atoms with Crippen LogP contribution in [0.15, 0.2) is 42.2 Å². The van der Waals surface area contributed by atoms with Crippen LogP contribution in [0.25, 0.3) is 11.0 Å². The highest BCUT2D eigenvalue weighted by atomic mass is 127. The second kappa shape index (κ2) is 8.67. The second-order valence-electron chi connectivity index (χ2n) is 4.82. The van der Waals surface area contributed by atoms with Gasteiger partial charge in [-0.05, 0) is 53.8 Å². The molecule has 1 N–H and O–H groups in total. The summed E-state index contributed by atoms with van der Waals surface area (Å²) in [5.74, 6) is -0.981. The third-order valence-corrected chi connectivity index (χ3v) is 3.83. The van der Waals surface area contributed by atoms with Gasteiger partial charge in [0, 0.05) is 16.7 Å². The number of carbonyl (C=O) groups is 1. The molecule has 0 atom stereocenters. The van der Waals surface area contributed by atoms with Crippen molar-refractivity contribution >= 4 is 45.5 Å². The van der Waals surface area contributed by atoms with Gasteiger partial charge in [0.1, 0.15) is 5.69 Å². The molecule has 0 spiro atoms. The summed E-state index contributed by atoms with van der Waals surface area (Å²) < 4.78 is 14.1. The van der Waals surface area contributed by atoms with E-state index in [1.165, 1.54) is 11.2 Å². The van der Waals surface area contributed by atoms with Crippen molar-refractivity contribution in [1.82, 2.24) is 20.3 Å². The molecule has 1 aromatic heterocycles. The smallest absolute Gasteiger partial charge is 0.271 e. The van der Waals surface area contributed by atoms with Gasteiger partial charge < -0.3 is 5.32 Å². The third kappa shape index (κ3) is 4.95. The molecule has 1 amide bonds. The molecule has 2 aromatic rings. The fourth-order valence-electron chi connectivity index (χ4n) is 1.94. The zero-order chi connectivity index (χ0) is 17.5. The van der Waals surface area contributed by atoms with Crippen molar-refractivity contribution in [2.45, 2.75) is 6.92 Å². The van der Waals surface area contributed by atoms with E-state index >= 15 is 0 Å². The van der Waals surface area contributed by atoms with Gasteiger partial charge in [-0.25, -0.2) is 4.98 Å². The predicted molar refractivity (Wildman–Crippen MR) is 101 cm³/mol. The van der Waals surface area contributed by atoms with Crippen molar-refractivity contribution in [1.29, 1.82) is 0 Å². The number of hydrazone groups is 1. The number of nitrogens with zero attached hydrogens (tertiary/aromatic N) is 4. The first-order chi connectivity index (χ1) is 11.5. The van der Waals surface area contributed by atoms with E-state index in [-0.39, 0.29) is 11.6 Å². The van der Waals surface area contributed by atoms with Crippen molar-refractivity contribution in [2.75, 3.05) is 19.6 Å². The van der Waals surface area contributed by atoms with E-state index in [1.54, 1.807) is 0 Å². The van der Waals surface area contributed by atoms with Crippen LogP contribution >= 0.6 is 22.6 Å². The van der Waals surface area contributed by atoms with E-state index in [9.17, 15) is 9.18 Å². The molecule has 0 aliphatic carbocycles. The lowest BCUT2D eigenvalue weighted by Gasteiger charge is -2.16. The highest BCUT2D eigenvalue weighted by Gasteiger charge is 2.09. The molecule has 24 heavy (non-hydrogen) atoms. The predicted octanol–water partition coefficient (Wildman–Crippen LogP) is 2.76. The average Bonchev–Trinajstić information content (AvgIpc) is 2.59. The molecule has 0 aliphatic heterocycles. The minimum Gasteiger partial charge on any atom is -0.349 e. The molecule has 1 heterocycles. The van der Waals surface area contributed by atoms with Crippen molar-refractivity contribution < 1.29 is 9.18 Å². The maximum atomic E-state index is 13.1. The number of hydrogen-bond donors (Lipinski definition) is 1. The Morgan fingerprint density at radius 2 is 2.29 bits per heavy atom. The number of allylic oxidation sites excluding steroid dienone is 1. The monoisotopic (exact) mass is 441 g/mol. The van der Waals surface area contributed by atoms with Crippen molar-refractivity contribution in [3.8, 4) is 0 Å². The van der Waals surface area contributed by atoms with Crippen molar-refractivity contribution in [3.63, 3.8) is 0 Å². The Morgan fingerprint density at radius 3 is 3.00 bits per heavy atom. The van der Waals surface area contributed by atoms with Crippen LogP contribution in [0.5, 0.6) is 0 Å². The minimum atomic E-state index is -0.654. The Kier molecular flexibility index (Phi) is 6.59. The molecule has 126 valence electrons. The lowest BCUT2D eigenvalue weighted by molar-refractivity contribution is 0.0944. The van der Waals surface area contributed by atoms with Gasteiger partial charge in [-0.15, -0.1) is 5.10 Å². The molecule has 0 fully saturated rings. The van der Waals surface area contributed by atoms with Crippen molar-refractivity contribution in [3.05, 3.63) is 46.3 Å². The second-order valence-corrected chi connectivity index (χ2v) is 6.06. The van der Waals surface area contributed by atoms with E-state index in [2.05, 4.69) is 49.6 Å². The van der Waals surface area contributed by atoms with E-state index in [0.717, 1.165) is 15.2 Å². The Hall–Kier alpha value is -2.10. The van der Waals surface area contributed by atoms with Crippen LogP contribution in [-0.4, -0.2) is 46.5 Å². The number of carbonyl (C=O) groups excluding carboxylic acids is 1. The molecule has 1 aromatic carbocycles. The number of halogens is 2. The van der Waals surface area contributed by atoms with Gasteiger partial charge in [0.05, 0.1) is 23.8 Å². The SMILES string of the molecule is C=C/C(F)=N\N(CC)CCNC(=O)c1cnc2cc(I)ccc2n1. The van der Waals surface area contributed by atoms with Crippen LogP contribution in [0.2, 0.25) is 0 Å². The highest BCUT2D eigenvalue weighted by molar-refractivity contribution is 14.1. The van der Waals surface area contributed by atoms with Crippen LogP contribution in [-0.2, 0) is 0 Å². The van der Waals surface area contributed by atoms with E-state index < -0.39 is 5.97 Å². The van der Waals surface area contributed by atoms with E-state index in [0.29, 0.717) is 25.2 Å². The summed E-state index contributed by atoms with van der Waals surface area (Å²) in [5, 5.41) is 7.95. The average molecular weight is 441 g/mol. The summed E-state index contributed by atoms with van der Waals surface area (Å²) in [7, 11) is 0. The fourth-order valence-corrected chi connectivity index (χ4v) is 2.41. The van der Waals surface area contributed by atoms with Crippen LogP contribution < -0.4 is 5.32 Å². The Bertz CT molecular complexity index is 780. The Labute approximate surface area is 153 Å². The molecule has 0 bridgehead atoms. The summed E-state index contributed by atoms with van der Waals surface area (Å²) in [6, 6.07) is 5.63. The molecule has 6 nitrogen and oxygen atoms in total. The van der Waals surface area contributed by atoms with Crippen LogP contribution in [0, 0.1) is 3.57 Å². The summed E-state index contributed by atoms with van der Waals surface area (Å²) in [5.41, 5.74) is 1.65. The van der Waals surface area contributed by atoms with Crippen molar-refractivity contribution in [2.24, 2.45) is 5.10 Å². The molecular formula is C16H17FIN5O. The van der Waals surface area contributed by atoms with Gasteiger partial charge in [0.15, 0.2) is 0 Å². The third-order valence-electron chi connectivity index (χ3n) is 3.16. The first kappa shape index (κ1) is 18.2. The first-order valence-electron chi connectivity index (χ1n) is 7.35. The van der Waals surface area contributed by atoms with Gasteiger partial charge >= 0.3 is 0 Å². The molecular weight excluding hydrogens is 424 g/mol. The Morgan fingerprint density at radius 1 is 1.50 bits per heavy atom.